The van der Waals surface area contributed by atoms with Crippen LogP contribution in [0, 0.1) is 20.8 Å². The van der Waals surface area contributed by atoms with Gasteiger partial charge in [-0.25, -0.2) is 9.97 Å². The molecule has 2 aromatic heterocycles. The molecule has 0 bridgehead atoms. The van der Waals surface area contributed by atoms with E-state index in [4.69, 9.17) is 9.97 Å². The number of phenols is 1. The first-order valence-corrected chi connectivity index (χ1v) is 15.8. The Hall–Kier alpha value is -4.96. The summed E-state index contributed by atoms with van der Waals surface area (Å²) in [5.41, 5.74) is 14.3. The second-order valence-electron chi connectivity index (χ2n) is 13.3. The van der Waals surface area contributed by atoms with Crippen molar-refractivity contribution in [2.75, 3.05) is 4.90 Å². The SMILES string of the molecule is Cc1cc(C)c(-c2ccnc(N3c4ccccc4C(C)(C)c4ccc(-c5ccc6c(C(C)C)ccc(O)c6n5)cc43)c2)c(C)c1. The largest absolute Gasteiger partial charge is 0.506 e. The molecule has 4 nitrogen and oxygen atoms in total. The van der Waals surface area contributed by atoms with Gasteiger partial charge in [-0.3, -0.25) is 4.90 Å². The molecule has 4 heteroatoms. The van der Waals surface area contributed by atoms with Gasteiger partial charge in [-0.2, -0.15) is 0 Å². The third-order valence-electron chi connectivity index (χ3n) is 9.46. The van der Waals surface area contributed by atoms with Crippen LogP contribution in [0.5, 0.6) is 5.75 Å². The smallest absolute Gasteiger partial charge is 0.141 e. The number of phenolic OH excluding ortho intramolecular Hbond substituents is 1. The molecule has 0 aliphatic carbocycles. The molecule has 4 aromatic carbocycles. The summed E-state index contributed by atoms with van der Waals surface area (Å²) < 4.78 is 0. The van der Waals surface area contributed by atoms with E-state index in [0.717, 1.165) is 39.4 Å². The highest BCUT2D eigenvalue weighted by atomic mass is 16.3. The average molecular weight is 590 g/mol. The molecule has 1 N–H and O–H groups in total. The van der Waals surface area contributed by atoms with Crippen LogP contribution >= 0.6 is 0 Å². The number of hydrogen-bond donors (Lipinski definition) is 1. The zero-order valence-corrected chi connectivity index (χ0v) is 27.1. The lowest BCUT2D eigenvalue weighted by Gasteiger charge is -2.41. The van der Waals surface area contributed by atoms with E-state index in [1.165, 1.54) is 38.9 Å². The third kappa shape index (κ3) is 4.67. The fraction of sp³-hybridized carbons (Fsp3) is 0.220. The summed E-state index contributed by atoms with van der Waals surface area (Å²) in [6.07, 6.45) is 1.93. The number of anilines is 3. The fourth-order valence-corrected chi connectivity index (χ4v) is 7.34. The van der Waals surface area contributed by atoms with Gasteiger partial charge in [-0.15, -0.1) is 0 Å². The minimum absolute atomic E-state index is 0.202. The Morgan fingerprint density at radius 2 is 1.47 bits per heavy atom. The molecule has 0 saturated heterocycles. The van der Waals surface area contributed by atoms with Crippen LogP contribution in [0.15, 0.2) is 97.2 Å². The first kappa shape index (κ1) is 28.8. The number of aryl methyl sites for hydroxylation is 3. The van der Waals surface area contributed by atoms with Crippen molar-refractivity contribution in [2.45, 2.75) is 59.8 Å². The van der Waals surface area contributed by atoms with E-state index in [1.54, 1.807) is 6.07 Å². The van der Waals surface area contributed by atoms with Crippen molar-refractivity contribution < 1.29 is 5.11 Å². The van der Waals surface area contributed by atoms with Gasteiger partial charge in [-0.05, 0) is 102 Å². The van der Waals surface area contributed by atoms with Crippen LogP contribution in [0.3, 0.4) is 0 Å². The molecule has 0 spiro atoms. The number of benzene rings is 4. The van der Waals surface area contributed by atoms with Crippen molar-refractivity contribution in [3.63, 3.8) is 0 Å². The van der Waals surface area contributed by atoms with E-state index >= 15 is 0 Å². The van der Waals surface area contributed by atoms with Crippen LogP contribution in [-0.2, 0) is 5.41 Å². The first-order valence-electron chi connectivity index (χ1n) is 15.8. The maximum atomic E-state index is 10.8. The van der Waals surface area contributed by atoms with Gasteiger partial charge in [-0.1, -0.05) is 87.9 Å². The first-order chi connectivity index (χ1) is 21.5. The maximum Gasteiger partial charge on any atom is 0.141 e. The van der Waals surface area contributed by atoms with Gasteiger partial charge in [0.25, 0.3) is 0 Å². The molecule has 224 valence electrons. The van der Waals surface area contributed by atoms with E-state index < -0.39 is 0 Å². The number of hydrogen-bond acceptors (Lipinski definition) is 4. The lowest BCUT2D eigenvalue weighted by atomic mass is 9.73. The predicted molar refractivity (Wildman–Crippen MR) is 187 cm³/mol. The topological polar surface area (TPSA) is 49.2 Å². The van der Waals surface area contributed by atoms with Crippen LogP contribution in [0.2, 0.25) is 0 Å². The molecule has 45 heavy (non-hydrogen) atoms. The molecule has 1 aliphatic heterocycles. The molecule has 0 fully saturated rings. The number of rotatable bonds is 4. The molecule has 3 heterocycles. The van der Waals surface area contributed by atoms with Gasteiger partial charge >= 0.3 is 0 Å². The molecule has 7 rings (SSSR count). The highest BCUT2D eigenvalue weighted by Gasteiger charge is 2.37. The predicted octanol–water partition coefficient (Wildman–Crippen LogP) is 10.8. The molecule has 0 radical (unpaired) electrons. The maximum absolute atomic E-state index is 10.8. The number of aromatic hydroxyl groups is 1. The van der Waals surface area contributed by atoms with Gasteiger partial charge in [0.2, 0.25) is 0 Å². The number of nitrogens with zero attached hydrogens (tertiary/aromatic N) is 3. The summed E-state index contributed by atoms with van der Waals surface area (Å²) in [5, 5.41) is 11.8. The number of pyridine rings is 2. The highest BCUT2D eigenvalue weighted by molar-refractivity contribution is 5.91. The standard InChI is InChI=1S/C41H39N3O/c1-24(2)30-14-17-37(45)40-31(30)13-16-34(43-40)28-12-15-33-36(22-28)44(35-11-9-8-10-32(35)41(33,6)7)38-23-29(18-19-42-38)39-26(4)20-25(3)21-27(39)5/h8-24,45H,1-7H3. The molecular weight excluding hydrogens is 550 g/mol. The minimum atomic E-state index is -0.218. The molecule has 1 aliphatic rings. The second-order valence-corrected chi connectivity index (χ2v) is 13.3. The zero-order chi connectivity index (χ0) is 31.6. The van der Waals surface area contributed by atoms with Crippen LogP contribution in [0.4, 0.5) is 17.2 Å². The molecule has 0 saturated carbocycles. The van der Waals surface area contributed by atoms with Gasteiger partial charge in [0, 0.05) is 22.6 Å². The number of aromatic nitrogens is 2. The summed E-state index contributed by atoms with van der Waals surface area (Å²) >= 11 is 0. The van der Waals surface area contributed by atoms with Crippen molar-refractivity contribution in [3.8, 4) is 28.1 Å². The lowest BCUT2D eigenvalue weighted by Crippen LogP contribution is -2.31. The fourth-order valence-electron chi connectivity index (χ4n) is 7.34. The Bertz CT molecular complexity index is 2100. The van der Waals surface area contributed by atoms with Crippen LogP contribution in [0.1, 0.15) is 67.0 Å². The van der Waals surface area contributed by atoms with Crippen molar-refractivity contribution in [1.29, 1.82) is 0 Å². The Labute approximate surface area is 266 Å². The quantitative estimate of drug-likeness (QED) is 0.222. The summed E-state index contributed by atoms with van der Waals surface area (Å²) in [5.74, 6) is 1.41. The summed E-state index contributed by atoms with van der Waals surface area (Å²) in [4.78, 5) is 12.3. The van der Waals surface area contributed by atoms with Crippen molar-refractivity contribution in [1.82, 2.24) is 9.97 Å². The van der Waals surface area contributed by atoms with E-state index in [9.17, 15) is 5.11 Å². The van der Waals surface area contributed by atoms with Crippen molar-refractivity contribution in [2.24, 2.45) is 0 Å². The number of fused-ring (bicyclic) bond motifs is 3. The van der Waals surface area contributed by atoms with E-state index in [2.05, 4.69) is 132 Å². The minimum Gasteiger partial charge on any atom is -0.506 e. The highest BCUT2D eigenvalue weighted by Crippen LogP contribution is 2.52. The summed E-state index contributed by atoms with van der Waals surface area (Å²) in [7, 11) is 0. The molecule has 0 amide bonds. The van der Waals surface area contributed by atoms with Crippen LogP contribution in [-0.4, -0.2) is 15.1 Å². The monoisotopic (exact) mass is 589 g/mol. The van der Waals surface area contributed by atoms with Crippen molar-refractivity contribution >= 4 is 28.1 Å². The Kier molecular flexibility index (Phi) is 6.77. The summed E-state index contributed by atoms with van der Waals surface area (Å²) in [6, 6.07) is 32.1. The lowest BCUT2D eigenvalue weighted by molar-refractivity contribution is 0.480. The van der Waals surface area contributed by atoms with Crippen LogP contribution in [0.25, 0.3) is 33.3 Å². The Morgan fingerprint density at radius 1 is 0.733 bits per heavy atom. The zero-order valence-electron chi connectivity index (χ0n) is 27.1. The van der Waals surface area contributed by atoms with Gasteiger partial charge in [0.05, 0.1) is 17.1 Å². The van der Waals surface area contributed by atoms with Crippen molar-refractivity contribution in [3.05, 3.63) is 131 Å². The third-order valence-corrected chi connectivity index (χ3v) is 9.46. The molecule has 0 atom stereocenters. The van der Waals surface area contributed by atoms with Gasteiger partial charge in [0.1, 0.15) is 17.1 Å². The molecule has 0 unspecified atom stereocenters. The average Bonchev–Trinajstić information content (AvgIpc) is 3.01. The molecule has 6 aromatic rings. The molecular formula is C41H39N3O. The Balaban J connectivity index is 1.43. The van der Waals surface area contributed by atoms with Gasteiger partial charge < -0.3 is 5.11 Å². The summed E-state index contributed by atoms with van der Waals surface area (Å²) in [6.45, 7) is 15.5. The van der Waals surface area contributed by atoms with Crippen LogP contribution < -0.4 is 4.90 Å². The normalized spacial score (nSPS) is 13.6. The van der Waals surface area contributed by atoms with E-state index in [1.807, 2.05) is 12.3 Å². The second kappa shape index (κ2) is 10.6. The Morgan fingerprint density at radius 3 is 2.22 bits per heavy atom. The van der Waals surface area contributed by atoms with Gasteiger partial charge in [0.15, 0.2) is 0 Å². The van der Waals surface area contributed by atoms with E-state index in [-0.39, 0.29) is 11.2 Å². The number of para-hydroxylation sites is 1. The van der Waals surface area contributed by atoms with E-state index in [0.29, 0.717) is 11.4 Å².